The van der Waals surface area contributed by atoms with Crippen molar-refractivity contribution >= 4 is 35.6 Å². The monoisotopic (exact) mass is 677 g/mol. The summed E-state index contributed by atoms with van der Waals surface area (Å²) in [7, 11) is 0. The molecule has 2 unspecified atom stereocenters. The molecule has 0 radical (unpaired) electrons. The normalized spacial score (nSPS) is 21.5. The molecule has 1 saturated heterocycles. The molecule has 0 spiro atoms. The molecule has 0 aromatic heterocycles. The van der Waals surface area contributed by atoms with Crippen molar-refractivity contribution in [3.05, 3.63) is 35.4 Å². The number of nitrogens with zero attached hydrogens (tertiary/aromatic N) is 1. The first kappa shape index (κ1) is 38.2. The highest BCUT2D eigenvalue weighted by atomic mass is 19.3. The Morgan fingerprint density at radius 2 is 1.58 bits per heavy atom. The van der Waals surface area contributed by atoms with Gasteiger partial charge in [-0.15, -0.1) is 0 Å². The number of fused-ring (bicyclic) bond motifs is 1. The van der Waals surface area contributed by atoms with Gasteiger partial charge in [-0.25, -0.2) is 13.6 Å². The molecule has 3 rings (SSSR count). The maximum Gasteiger partial charge on any atom is 0.316 e. The number of likely N-dealkylation sites (tertiary alicyclic amines) is 1. The highest BCUT2D eigenvalue weighted by Crippen LogP contribution is 2.65. The van der Waals surface area contributed by atoms with E-state index in [9.17, 15) is 37.5 Å². The zero-order valence-electron chi connectivity index (χ0n) is 28.6. The molecule has 1 aromatic rings. The van der Waals surface area contributed by atoms with Gasteiger partial charge in [0.2, 0.25) is 36.0 Å². The third-order valence-electron chi connectivity index (χ3n) is 9.41. The summed E-state index contributed by atoms with van der Waals surface area (Å²) in [6, 6.07) is 0.846. The van der Waals surface area contributed by atoms with Crippen molar-refractivity contribution in [1.82, 2.24) is 26.2 Å². The van der Waals surface area contributed by atoms with Crippen LogP contribution in [0.15, 0.2) is 24.3 Å². The number of benzene rings is 1. The first-order valence-electron chi connectivity index (χ1n) is 16.1. The summed E-state index contributed by atoms with van der Waals surface area (Å²) < 4.78 is 27.2. The Morgan fingerprint density at radius 3 is 2.08 bits per heavy atom. The molecule has 2 fully saturated rings. The largest absolute Gasteiger partial charge is 0.368 e. The smallest absolute Gasteiger partial charge is 0.316 e. The van der Waals surface area contributed by atoms with Crippen LogP contribution in [0, 0.1) is 28.6 Å². The number of urea groups is 1. The average Bonchev–Trinajstić information content (AvgIpc) is 3.28. The SMILES string of the molecule is CC(C)[C@H](NC(=O)N[C@H](C(=O)N1CC2C([C@H]1C(=O)N[C@@H](CC(F)F)C(=O)NCCc1ccc(C(N)=O)cc1)C2(C)C)C(C)(C)C)C(N)=O. The lowest BCUT2D eigenvalue weighted by molar-refractivity contribution is -0.144. The van der Waals surface area contributed by atoms with Gasteiger partial charge >= 0.3 is 6.03 Å². The lowest BCUT2D eigenvalue weighted by Crippen LogP contribution is -2.62. The maximum atomic E-state index is 14.1. The minimum absolute atomic E-state index is 0.0600. The molecule has 1 aliphatic heterocycles. The van der Waals surface area contributed by atoms with Crippen LogP contribution in [0.4, 0.5) is 13.6 Å². The summed E-state index contributed by atoms with van der Waals surface area (Å²) in [5.74, 6) is -4.09. The van der Waals surface area contributed by atoms with E-state index in [1.54, 1.807) is 46.8 Å². The van der Waals surface area contributed by atoms with Gasteiger partial charge in [-0.3, -0.25) is 24.0 Å². The number of nitrogens with one attached hydrogen (secondary N) is 4. The molecular formula is C33H49F2N7O6. The first-order chi connectivity index (χ1) is 22.2. The number of piperidine rings is 1. The van der Waals surface area contributed by atoms with Gasteiger partial charge in [-0.05, 0) is 52.7 Å². The molecular weight excluding hydrogens is 628 g/mol. The summed E-state index contributed by atoms with van der Waals surface area (Å²) in [6.07, 6.45) is -3.52. The van der Waals surface area contributed by atoms with Crippen molar-refractivity contribution in [1.29, 1.82) is 0 Å². The summed E-state index contributed by atoms with van der Waals surface area (Å²) in [6.45, 7) is 12.8. The van der Waals surface area contributed by atoms with E-state index in [1.807, 2.05) is 13.8 Å². The second-order valence-corrected chi connectivity index (χ2v) is 14.7. The molecule has 1 heterocycles. The van der Waals surface area contributed by atoms with Crippen molar-refractivity contribution in [3.8, 4) is 0 Å². The van der Waals surface area contributed by atoms with Crippen LogP contribution in [-0.4, -0.2) is 84.1 Å². The van der Waals surface area contributed by atoms with Crippen LogP contribution in [0.3, 0.4) is 0 Å². The van der Waals surface area contributed by atoms with E-state index in [4.69, 9.17) is 11.5 Å². The molecule has 48 heavy (non-hydrogen) atoms. The lowest BCUT2D eigenvalue weighted by Gasteiger charge is -2.38. The third-order valence-corrected chi connectivity index (χ3v) is 9.41. The highest BCUT2D eigenvalue weighted by molar-refractivity contribution is 5.96. The van der Waals surface area contributed by atoms with Crippen LogP contribution in [0.2, 0.25) is 0 Å². The van der Waals surface area contributed by atoms with Gasteiger partial charge in [0.15, 0.2) is 0 Å². The van der Waals surface area contributed by atoms with Gasteiger partial charge in [-0.1, -0.05) is 60.6 Å². The molecule has 1 aliphatic carbocycles. The van der Waals surface area contributed by atoms with Crippen LogP contribution in [0.5, 0.6) is 0 Å². The Bertz CT molecular complexity index is 1400. The van der Waals surface area contributed by atoms with Gasteiger partial charge in [0.05, 0.1) is 0 Å². The van der Waals surface area contributed by atoms with E-state index in [0.717, 1.165) is 5.56 Å². The van der Waals surface area contributed by atoms with Crippen molar-refractivity contribution in [3.63, 3.8) is 0 Å². The topological polar surface area (TPSA) is 206 Å². The Labute approximate surface area is 279 Å². The van der Waals surface area contributed by atoms with E-state index in [1.165, 1.54) is 17.0 Å². The van der Waals surface area contributed by atoms with E-state index in [-0.39, 0.29) is 36.3 Å². The highest BCUT2D eigenvalue weighted by Gasteiger charge is 2.70. The van der Waals surface area contributed by atoms with Crippen LogP contribution in [0.25, 0.3) is 0 Å². The number of halogens is 2. The molecule has 8 N–H and O–H groups in total. The van der Waals surface area contributed by atoms with Gasteiger partial charge in [-0.2, -0.15) is 0 Å². The fraction of sp³-hybridized carbons (Fsp3) is 0.636. The van der Waals surface area contributed by atoms with E-state index in [0.29, 0.717) is 12.0 Å². The molecule has 13 nitrogen and oxygen atoms in total. The quantitative estimate of drug-likeness (QED) is 0.171. The molecule has 1 saturated carbocycles. The van der Waals surface area contributed by atoms with Gasteiger partial charge in [0.25, 0.3) is 0 Å². The number of carbonyl (C=O) groups excluding carboxylic acids is 6. The van der Waals surface area contributed by atoms with Crippen LogP contribution in [0.1, 0.15) is 70.8 Å². The summed E-state index contributed by atoms with van der Waals surface area (Å²) in [5, 5.41) is 10.2. The van der Waals surface area contributed by atoms with Crippen molar-refractivity contribution < 1.29 is 37.5 Å². The third kappa shape index (κ3) is 8.98. The fourth-order valence-electron chi connectivity index (χ4n) is 6.46. The van der Waals surface area contributed by atoms with Crippen molar-refractivity contribution in [2.45, 2.75) is 91.9 Å². The predicted octanol–water partition coefficient (Wildman–Crippen LogP) is 1.29. The lowest BCUT2D eigenvalue weighted by atomic mass is 9.85. The number of nitrogens with two attached hydrogens (primary N) is 2. The second kappa shape index (κ2) is 14.9. The zero-order chi connectivity index (χ0) is 36.3. The molecule has 2 aliphatic rings. The summed E-state index contributed by atoms with van der Waals surface area (Å²) in [4.78, 5) is 78.4. The van der Waals surface area contributed by atoms with Gasteiger partial charge < -0.3 is 37.6 Å². The molecule has 6 atom stereocenters. The Hall–Kier alpha value is -4.30. The molecule has 266 valence electrons. The Balaban J connectivity index is 1.76. The number of primary amides is 2. The number of carbonyl (C=O) groups is 6. The minimum Gasteiger partial charge on any atom is -0.368 e. The predicted molar refractivity (Wildman–Crippen MR) is 173 cm³/mol. The summed E-state index contributed by atoms with van der Waals surface area (Å²) >= 11 is 0. The standard InChI is InChI=1S/C33H49F2N7O6/c1-16(2)23(27(37)44)40-31(48)41-25(32(3,4)5)30(47)42-15-19-22(33(19,6)7)24(42)29(46)39-20(14-21(34)35)28(45)38-13-12-17-8-10-18(11-9-17)26(36)43/h8-11,16,19-25H,12-15H2,1-7H3,(H2,36,43)(H2,37,44)(H,38,45)(H,39,46)(H2,40,41,48)/t19?,20-,22?,23-,24-,25+/m0/s1. The fourth-order valence-corrected chi connectivity index (χ4v) is 6.46. The minimum atomic E-state index is -2.91. The molecule has 7 amide bonds. The number of hydrogen-bond acceptors (Lipinski definition) is 6. The zero-order valence-corrected chi connectivity index (χ0v) is 28.6. The van der Waals surface area contributed by atoms with Crippen molar-refractivity contribution in [2.75, 3.05) is 13.1 Å². The first-order valence-corrected chi connectivity index (χ1v) is 16.1. The van der Waals surface area contributed by atoms with Crippen LogP contribution < -0.4 is 32.7 Å². The van der Waals surface area contributed by atoms with E-state index < -0.39 is 78.0 Å². The van der Waals surface area contributed by atoms with E-state index >= 15 is 0 Å². The number of amides is 7. The van der Waals surface area contributed by atoms with Crippen LogP contribution in [-0.2, 0) is 25.6 Å². The Morgan fingerprint density at radius 1 is 0.979 bits per heavy atom. The second-order valence-electron chi connectivity index (χ2n) is 14.7. The number of alkyl halides is 2. The number of rotatable bonds is 14. The van der Waals surface area contributed by atoms with E-state index in [2.05, 4.69) is 21.3 Å². The maximum absolute atomic E-state index is 14.1. The average molecular weight is 678 g/mol. The van der Waals surface area contributed by atoms with Crippen molar-refractivity contribution in [2.24, 2.45) is 40.1 Å². The van der Waals surface area contributed by atoms with Gasteiger partial charge in [0, 0.05) is 25.1 Å². The number of hydrogen-bond donors (Lipinski definition) is 6. The molecule has 15 heteroatoms. The molecule has 1 aromatic carbocycles. The molecule has 0 bridgehead atoms. The van der Waals surface area contributed by atoms with Gasteiger partial charge in [0.1, 0.15) is 24.2 Å². The summed E-state index contributed by atoms with van der Waals surface area (Å²) in [5.41, 5.74) is 10.6. The van der Waals surface area contributed by atoms with Crippen LogP contribution >= 0.6 is 0 Å². The Kier molecular flexibility index (Phi) is 11.8.